The molecule has 5 rings (SSSR count). The number of ether oxygens (including phenoxy) is 5. The van der Waals surface area contributed by atoms with Gasteiger partial charge >= 0.3 is 5.97 Å². The lowest BCUT2D eigenvalue weighted by molar-refractivity contribution is -0.409. The minimum Gasteiger partial charge on any atom is -0.481 e. The van der Waals surface area contributed by atoms with E-state index in [0.717, 1.165) is 6.42 Å². The zero-order valence-electron chi connectivity index (χ0n) is 34.0. The number of carbonyl (C=O) groups is 2. The third kappa shape index (κ3) is 7.94. The summed E-state index contributed by atoms with van der Waals surface area (Å²) in [4.78, 5) is 26.4. The van der Waals surface area contributed by atoms with Crippen molar-refractivity contribution in [1.29, 1.82) is 0 Å². The summed E-state index contributed by atoms with van der Waals surface area (Å²) in [6.07, 6.45) is 5.51. The van der Waals surface area contributed by atoms with E-state index in [1.54, 1.807) is 19.1 Å². The molecule has 0 saturated carbocycles. The molecule has 304 valence electrons. The molecule has 0 aromatic heterocycles. The van der Waals surface area contributed by atoms with Crippen LogP contribution in [0.2, 0.25) is 0 Å². The number of aliphatic carboxylic acids is 1. The Kier molecular flexibility index (Phi) is 13.0. The first kappa shape index (κ1) is 42.7. The third-order valence-corrected chi connectivity index (χ3v) is 14.4. The van der Waals surface area contributed by atoms with Crippen molar-refractivity contribution >= 4 is 11.8 Å². The second-order valence-corrected chi connectivity index (χ2v) is 17.9. The van der Waals surface area contributed by atoms with Gasteiger partial charge in [-0.05, 0) is 95.6 Å². The summed E-state index contributed by atoms with van der Waals surface area (Å²) in [5.74, 6) is -5.78. The molecule has 53 heavy (non-hydrogen) atoms. The standard InChI is InChI=1S/C42H70O11/c1-11-29(38(46)47)31-15-14-23(4)36(50-31)27(8)34(44)26(7)35(45)30(12-2)37-24(5)22-25(6)41(51-37)19-16-32(43)42(53-41)21-20-39(10,52-42)33-17-18-40(48,13-3)28(9)49-33/h16,19,23-34,36-37,43-44,48H,11-15,17-18,20-22H2,1-10H3,(H,46,47)/t23-,24-,25+,26-,27-,28-,29-,30-,31?,32+,33?,34+,36?,37?,39-,40+,41-,42-/m0/s1. The van der Waals surface area contributed by atoms with Crippen LogP contribution in [0.1, 0.15) is 133 Å². The van der Waals surface area contributed by atoms with Gasteiger partial charge in [-0.1, -0.05) is 55.4 Å². The molecule has 5 aliphatic heterocycles. The summed E-state index contributed by atoms with van der Waals surface area (Å²) < 4.78 is 33.5. The average molecular weight is 751 g/mol. The van der Waals surface area contributed by atoms with Crippen LogP contribution >= 0.6 is 0 Å². The lowest BCUT2D eigenvalue weighted by Gasteiger charge is -2.54. The molecule has 0 aromatic rings. The Labute approximate surface area is 317 Å². The molecule has 4 N–H and O–H groups in total. The quantitative estimate of drug-likeness (QED) is 0.169. The van der Waals surface area contributed by atoms with Crippen LogP contribution in [-0.4, -0.2) is 97.7 Å². The van der Waals surface area contributed by atoms with E-state index in [1.165, 1.54) is 0 Å². The Morgan fingerprint density at radius 2 is 1.57 bits per heavy atom. The zero-order valence-corrected chi connectivity index (χ0v) is 34.0. The van der Waals surface area contributed by atoms with Crippen molar-refractivity contribution in [2.45, 2.75) is 199 Å². The summed E-state index contributed by atoms with van der Waals surface area (Å²) in [5, 5.41) is 44.0. The van der Waals surface area contributed by atoms with Crippen molar-refractivity contribution in [3.05, 3.63) is 12.2 Å². The van der Waals surface area contributed by atoms with Gasteiger partial charge in [-0.2, -0.15) is 0 Å². The number of hydrogen-bond donors (Lipinski definition) is 4. The minimum atomic E-state index is -1.37. The summed E-state index contributed by atoms with van der Waals surface area (Å²) in [7, 11) is 0. The Bertz CT molecular complexity index is 1320. The first-order valence-electron chi connectivity index (χ1n) is 20.7. The first-order chi connectivity index (χ1) is 24.8. The van der Waals surface area contributed by atoms with Crippen molar-refractivity contribution in [3.63, 3.8) is 0 Å². The number of ketones is 1. The molecule has 11 nitrogen and oxygen atoms in total. The number of Topliss-reactive ketones (excluding diaryl/α,β-unsaturated/α-hetero) is 1. The SMILES string of the molecule is CC[C@H](C(=O)O)C1CC[C@H](C)C([C@@H](C)[C@H](O)[C@H](C)C(=O)[C@H](CC)C2O[C@]3(C=C[C@@H](O)[C@]4(CC[C@@](C)(C5CC[C@](O)(CC)[C@H](C)O5)O4)O3)[C@H](C)C[C@@H]2C)O1. The van der Waals surface area contributed by atoms with Gasteiger partial charge in [0.15, 0.2) is 5.79 Å². The van der Waals surface area contributed by atoms with Crippen LogP contribution in [-0.2, 0) is 33.3 Å². The van der Waals surface area contributed by atoms with Crippen LogP contribution in [0.3, 0.4) is 0 Å². The minimum absolute atomic E-state index is 0.0137. The van der Waals surface area contributed by atoms with Crippen molar-refractivity contribution < 1.29 is 53.7 Å². The number of carboxylic acids is 1. The highest BCUT2D eigenvalue weighted by atomic mass is 16.8. The molecule has 18 atom stereocenters. The fourth-order valence-electron chi connectivity index (χ4n) is 10.5. The van der Waals surface area contributed by atoms with Crippen LogP contribution in [0.5, 0.6) is 0 Å². The van der Waals surface area contributed by atoms with Crippen molar-refractivity contribution in [2.75, 3.05) is 0 Å². The van der Waals surface area contributed by atoms with Crippen LogP contribution in [0.4, 0.5) is 0 Å². The predicted molar refractivity (Wildman–Crippen MR) is 199 cm³/mol. The molecule has 4 fully saturated rings. The molecule has 0 radical (unpaired) electrons. The van der Waals surface area contributed by atoms with E-state index in [1.807, 2.05) is 41.5 Å². The number of aliphatic hydroxyl groups is 3. The van der Waals surface area contributed by atoms with Crippen LogP contribution < -0.4 is 0 Å². The summed E-state index contributed by atoms with van der Waals surface area (Å²) in [6, 6.07) is 0. The van der Waals surface area contributed by atoms with Gasteiger partial charge in [-0.25, -0.2) is 0 Å². The van der Waals surface area contributed by atoms with E-state index in [0.29, 0.717) is 57.8 Å². The normalized spacial score (nSPS) is 46.2. The Morgan fingerprint density at radius 1 is 0.887 bits per heavy atom. The summed E-state index contributed by atoms with van der Waals surface area (Å²) in [6.45, 7) is 19.6. The van der Waals surface area contributed by atoms with Crippen molar-refractivity contribution in [1.82, 2.24) is 0 Å². The number of aliphatic hydroxyl groups excluding tert-OH is 2. The van der Waals surface area contributed by atoms with Gasteiger partial charge in [0.2, 0.25) is 5.79 Å². The van der Waals surface area contributed by atoms with E-state index in [-0.39, 0.29) is 41.8 Å². The fourth-order valence-corrected chi connectivity index (χ4v) is 10.5. The van der Waals surface area contributed by atoms with Gasteiger partial charge < -0.3 is 44.1 Å². The maximum absolute atomic E-state index is 14.4. The molecule has 0 bridgehead atoms. The zero-order chi connectivity index (χ0) is 39.3. The summed E-state index contributed by atoms with van der Waals surface area (Å²) in [5.41, 5.74) is -1.63. The molecule has 0 aliphatic carbocycles. The van der Waals surface area contributed by atoms with Crippen LogP contribution in [0.25, 0.3) is 0 Å². The molecular weight excluding hydrogens is 680 g/mol. The van der Waals surface area contributed by atoms with E-state index in [2.05, 4.69) is 20.8 Å². The van der Waals surface area contributed by atoms with Gasteiger partial charge in [0.1, 0.15) is 11.9 Å². The second-order valence-electron chi connectivity index (χ2n) is 17.9. The van der Waals surface area contributed by atoms with Gasteiger partial charge in [0, 0.05) is 30.1 Å². The molecule has 0 amide bonds. The maximum atomic E-state index is 14.4. The topological polar surface area (TPSA) is 161 Å². The van der Waals surface area contributed by atoms with Gasteiger partial charge in [-0.15, -0.1) is 0 Å². The lowest BCUT2D eigenvalue weighted by atomic mass is 9.72. The highest BCUT2D eigenvalue weighted by molar-refractivity contribution is 5.84. The van der Waals surface area contributed by atoms with E-state index >= 15 is 0 Å². The molecule has 4 saturated heterocycles. The van der Waals surface area contributed by atoms with Crippen LogP contribution in [0, 0.1) is 41.4 Å². The van der Waals surface area contributed by atoms with Crippen LogP contribution in [0.15, 0.2) is 12.2 Å². The van der Waals surface area contributed by atoms with E-state index < -0.39 is 76.8 Å². The van der Waals surface area contributed by atoms with Crippen molar-refractivity contribution in [2.24, 2.45) is 41.4 Å². The molecule has 5 aliphatic rings. The highest BCUT2D eigenvalue weighted by Gasteiger charge is 2.63. The van der Waals surface area contributed by atoms with Gasteiger partial charge in [0.05, 0.1) is 53.7 Å². The molecular formula is C42H70O11. The summed E-state index contributed by atoms with van der Waals surface area (Å²) >= 11 is 0. The van der Waals surface area contributed by atoms with Crippen molar-refractivity contribution in [3.8, 4) is 0 Å². The first-order valence-corrected chi connectivity index (χ1v) is 20.7. The molecule has 2 spiro atoms. The smallest absolute Gasteiger partial charge is 0.309 e. The molecule has 0 aromatic carbocycles. The van der Waals surface area contributed by atoms with E-state index in [4.69, 9.17) is 23.7 Å². The molecule has 11 heteroatoms. The molecule has 4 unspecified atom stereocenters. The van der Waals surface area contributed by atoms with E-state index in [9.17, 15) is 30.0 Å². The Morgan fingerprint density at radius 3 is 2.17 bits per heavy atom. The average Bonchev–Trinajstić information content (AvgIpc) is 3.47. The predicted octanol–water partition coefficient (Wildman–Crippen LogP) is 6.19. The Hall–Kier alpha value is -1.44. The Balaban J connectivity index is 1.31. The number of carboxylic acid groups (broad SMARTS) is 1. The third-order valence-electron chi connectivity index (χ3n) is 14.4. The monoisotopic (exact) mass is 750 g/mol. The van der Waals surface area contributed by atoms with Gasteiger partial charge in [0.25, 0.3) is 0 Å². The second kappa shape index (κ2) is 16.2. The molecule has 5 heterocycles. The number of hydrogen-bond acceptors (Lipinski definition) is 10. The lowest BCUT2D eigenvalue weighted by Crippen LogP contribution is -2.63. The maximum Gasteiger partial charge on any atom is 0.309 e. The number of carbonyl (C=O) groups excluding carboxylic acids is 1. The fraction of sp³-hybridized carbons (Fsp3) is 0.905. The largest absolute Gasteiger partial charge is 0.481 e. The highest BCUT2D eigenvalue weighted by Crippen LogP contribution is 2.54. The van der Waals surface area contributed by atoms with Gasteiger partial charge in [-0.3, -0.25) is 9.59 Å². The number of rotatable bonds is 12.